The van der Waals surface area contributed by atoms with E-state index in [1.165, 1.54) is 12.5 Å². The van der Waals surface area contributed by atoms with E-state index in [9.17, 15) is 4.79 Å². The second-order valence-electron chi connectivity index (χ2n) is 5.20. The van der Waals surface area contributed by atoms with E-state index in [1.807, 2.05) is 6.08 Å². The fourth-order valence-corrected chi connectivity index (χ4v) is 1.83. The van der Waals surface area contributed by atoms with Crippen LogP contribution in [-0.2, 0) is 14.3 Å². The number of ketones is 1. The smallest absolute Gasteiger partial charge is 0.177 e. The first-order valence-corrected chi connectivity index (χ1v) is 8.26. The molecule has 0 spiro atoms. The van der Waals surface area contributed by atoms with Crippen molar-refractivity contribution < 1.29 is 14.3 Å². The van der Waals surface area contributed by atoms with Crippen LogP contribution in [0, 0.1) is 0 Å². The summed E-state index contributed by atoms with van der Waals surface area (Å²) >= 11 is 0. The van der Waals surface area contributed by atoms with E-state index in [-0.39, 0.29) is 11.9 Å². The first-order valence-electron chi connectivity index (χ1n) is 8.26. The van der Waals surface area contributed by atoms with Gasteiger partial charge in [-0.1, -0.05) is 39.3 Å². The van der Waals surface area contributed by atoms with Gasteiger partial charge in [-0.05, 0) is 44.3 Å². The average molecular weight is 296 g/mol. The summed E-state index contributed by atoms with van der Waals surface area (Å²) in [7, 11) is 0. The van der Waals surface area contributed by atoms with Crippen LogP contribution in [0.3, 0.4) is 0 Å². The lowest BCUT2D eigenvalue weighted by Gasteiger charge is -2.16. The molecule has 1 atom stereocenters. The summed E-state index contributed by atoms with van der Waals surface area (Å²) in [4.78, 5) is 11.1. The Bertz CT molecular complexity index is 284. The van der Waals surface area contributed by atoms with Crippen LogP contribution in [0.15, 0.2) is 24.8 Å². The minimum absolute atomic E-state index is 0.0507. The molecular weight excluding hydrogens is 264 g/mol. The van der Waals surface area contributed by atoms with Crippen molar-refractivity contribution in [3.05, 3.63) is 24.8 Å². The molecule has 0 aliphatic rings. The molecule has 0 N–H and O–H groups in total. The number of hydrogen-bond acceptors (Lipinski definition) is 3. The molecule has 0 aliphatic carbocycles. The van der Waals surface area contributed by atoms with Crippen LogP contribution >= 0.6 is 0 Å². The Balaban J connectivity index is 3.92. The van der Waals surface area contributed by atoms with Crippen molar-refractivity contribution in [3.63, 3.8) is 0 Å². The minimum atomic E-state index is -0.0507. The number of ether oxygens (including phenoxy) is 2. The van der Waals surface area contributed by atoms with Gasteiger partial charge >= 0.3 is 0 Å². The maximum Gasteiger partial charge on any atom is 0.177 e. The maximum absolute atomic E-state index is 11.1. The largest absolute Gasteiger partial charge is 0.381 e. The van der Waals surface area contributed by atoms with Crippen molar-refractivity contribution in [3.8, 4) is 0 Å². The summed E-state index contributed by atoms with van der Waals surface area (Å²) < 4.78 is 11.5. The summed E-state index contributed by atoms with van der Waals surface area (Å²) in [5.41, 5.74) is 0. The highest BCUT2D eigenvalue weighted by Gasteiger charge is 2.07. The third-order valence-corrected chi connectivity index (χ3v) is 3.19. The van der Waals surface area contributed by atoms with Crippen molar-refractivity contribution in [1.29, 1.82) is 0 Å². The predicted molar refractivity (Wildman–Crippen MR) is 88.6 cm³/mol. The zero-order valence-corrected chi connectivity index (χ0v) is 13.8. The van der Waals surface area contributed by atoms with Gasteiger partial charge in [0, 0.05) is 19.8 Å². The van der Waals surface area contributed by atoms with Gasteiger partial charge in [0.1, 0.15) is 0 Å². The van der Waals surface area contributed by atoms with Gasteiger partial charge in [-0.2, -0.15) is 0 Å². The molecule has 0 heterocycles. The van der Waals surface area contributed by atoms with Crippen LogP contribution in [0.25, 0.3) is 0 Å². The molecule has 122 valence electrons. The van der Waals surface area contributed by atoms with Crippen molar-refractivity contribution in [2.45, 2.75) is 64.9 Å². The quantitative estimate of drug-likeness (QED) is 0.330. The molecule has 0 aromatic rings. The van der Waals surface area contributed by atoms with Gasteiger partial charge in [0.15, 0.2) is 5.78 Å². The van der Waals surface area contributed by atoms with E-state index in [4.69, 9.17) is 9.47 Å². The lowest BCUT2D eigenvalue weighted by atomic mass is 10.1. The van der Waals surface area contributed by atoms with E-state index >= 15 is 0 Å². The van der Waals surface area contributed by atoms with E-state index in [1.54, 1.807) is 6.08 Å². The van der Waals surface area contributed by atoms with Crippen molar-refractivity contribution in [2.24, 2.45) is 0 Å². The fraction of sp³-hybridized carbons (Fsp3) is 0.722. The molecule has 3 nitrogen and oxygen atoms in total. The van der Waals surface area contributed by atoms with E-state index in [2.05, 4.69) is 20.4 Å². The van der Waals surface area contributed by atoms with Crippen molar-refractivity contribution in [1.82, 2.24) is 0 Å². The summed E-state index contributed by atoms with van der Waals surface area (Å²) in [5.74, 6) is -0.0507. The van der Waals surface area contributed by atoms with Gasteiger partial charge in [-0.3, -0.25) is 4.79 Å². The van der Waals surface area contributed by atoms with Gasteiger partial charge in [0.25, 0.3) is 0 Å². The van der Waals surface area contributed by atoms with E-state index in [0.717, 1.165) is 58.3 Å². The van der Waals surface area contributed by atoms with Gasteiger partial charge < -0.3 is 9.47 Å². The third kappa shape index (κ3) is 13.8. The summed E-state index contributed by atoms with van der Waals surface area (Å²) in [5, 5.41) is 0. The highest BCUT2D eigenvalue weighted by molar-refractivity contribution is 5.98. The average Bonchev–Trinajstić information content (AvgIpc) is 2.50. The lowest BCUT2D eigenvalue weighted by Crippen LogP contribution is -2.14. The highest BCUT2D eigenvalue weighted by Crippen LogP contribution is 2.10. The monoisotopic (exact) mass is 296 g/mol. The Morgan fingerprint density at radius 1 is 1.10 bits per heavy atom. The number of carbonyl (C=O) groups excluding carboxylic acids is 1. The molecule has 21 heavy (non-hydrogen) atoms. The zero-order chi connectivity index (χ0) is 15.8. The van der Waals surface area contributed by atoms with Gasteiger partial charge in [0.05, 0.1) is 6.10 Å². The minimum Gasteiger partial charge on any atom is -0.381 e. The highest BCUT2D eigenvalue weighted by atomic mass is 16.5. The van der Waals surface area contributed by atoms with Gasteiger partial charge in [-0.25, -0.2) is 0 Å². The molecule has 0 saturated heterocycles. The standard InChI is InChI=1S/C18H32O3/c1-4-7-14-20-15-10-13-18(21-16-8-5-2)12-9-11-17(19)6-3/h6,9,11,18H,3-5,7-8,10,12-16H2,1-2H3. The van der Waals surface area contributed by atoms with Crippen LogP contribution in [0.2, 0.25) is 0 Å². The first-order chi connectivity index (χ1) is 10.2. The number of rotatable bonds is 15. The summed E-state index contributed by atoms with van der Waals surface area (Å²) in [6, 6.07) is 0. The number of unbranched alkanes of at least 4 members (excludes halogenated alkanes) is 2. The Kier molecular flexibility index (Phi) is 14.8. The molecule has 0 radical (unpaired) electrons. The van der Waals surface area contributed by atoms with Crippen molar-refractivity contribution in [2.75, 3.05) is 19.8 Å². The third-order valence-electron chi connectivity index (χ3n) is 3.19. The molecule has 1 unspecified atom stereocenters. The van der Waals surface area contributed by atoms with Crippen LogP contribution in [0.1, 0.15) is 58.8 Å². The normalized spacial score (nSPS) is 12.7. The number of hydrogen-bond donors (Lipinski definition) is 0. The number of allylic oxidation sites excluding steroid dienone is 2. The molecule has 0 rings (SSSR count). The second kappa shape index (κ2) is 15.5. The van der Waals surface area contributed by atoms with Crippen LogP contribution < -0.4 is 0 Å². The van der Waals surface area contributed by atoms with Crippen molar-refractivity contribution >= 4 is 5.78 Å². The lowest BCUT2D eigenvalue weighted by molar-refractivity contribution is -0.110. The molecule has 0 saturated carbocycles. The number of carbonyl (C=O) groups is 1. The van der Waals surface area contributed by atoms with Gasteiger partial charge in [0.2, 0.25) is 0 Å². The Labute approximate surface area is 130 Å². The molecule has 0 fully saturated rings. The van der Waals surface area contributed by atoms with Crippen LogP contribution in [-0.4, -0.2) is 31.7 Å². The summed E-state index contributed by atoms with van der Waals surface area (Å²) in [6.45, 7) is 10.2. The summed E-state index contributed by atoms with van der Waals surface area (Å²) in [6.07, 6.45) is 12.2. The first kappa shape index (κ1) is 20.1. The Hall–Kier alpha value is -0.930. The van der Waals surface area contributed by atoms with Crippen LogP contribution in [0.5, 0.6) is 0 Å². The SMILES string of the molecule is C=CC(=O)C=CCC(CCCOCCCC)OCCCC. The van der Waals surface area contributed by atoms with E-state index < -0.39 is 0 Å². The molecule has 0 aromatic heterocycles. The zero-order valence-electron chi connectivity index (χ0n) is 13.8. The Morgan fingerprint density at radius 2 is 1.76 bits per heavy atom. The maximum atomic E-state index is 11.1. The molecule has 0 amide bonds. The van der Waals surface area contributed by atoms with Crippen LogP contribution in [0.4, 0.5) is 0 Å². The topological polar surface area (TPSA) is 35.5 Å². The molecule has 0 bridgehead atoms. The molecular formula is C18H32O3. The molecule has 0 aromatic carbocycles. The van der Waals surface area contributed by atoms with Gasteiger partial charge in [-0.15, -0.1) is 0 Å². The van der Waals surface area contributed by atoms with E-state index in [0.29, 0.717) is 0 Å². The Morgan fingerprint density at radius 3 is 2.43 bits per heavy atom. The predicted octanol–water partition coefficient (Wildman–Crippen LogP) is 4.47. The molecule has 3 heteroatoms. The molecule has 0 aliphatic heterocycles. The fourth-order valence-electron chi connectivity index (χ4n) is 1.83. The second-order valence-corrected chi connectivity index (χ2v) is 5.20.